The van der Waals surface area contributed by atoms with Gasteiger partial charge in [0.05, 0.1) is 0 Å². The topological polar surface area (TPSA) is 43.6 Å². The van der Waals surface area contributed by atoms with Crippen molar-refractivity contribution in [2.75, 3.05) is 0 Å². The summed E-state index contributed by atoms with van der Waals surface area (Å²) in [6.07, 6.45) is 6.52. The van der Waals surface area contributed by atoms with Gasteiger partial charge < -0.3 is 0 Å². The second-order valence-corrected chi connectivity index (χ2v) is 5.61. The Hall–Kier alpha value is -1.13. The molecule has 19 heavy (non-hydrogen) atoms. The number of rotatable bonds is 2. The lowest BCUT2D eigenvalue weighted by atomic mass is 10.0. The molecular formula is C13H14Cl2N4. The van der Waals surface area contributed by atoms with Crippen molar-refractivity contribution in [1.82, 2.24) is 19.7 Å². The number of aryl methyl sites for hydroxylation is 1. The van der Waals surface area contributed by atoms with E-state index in [4.69, 9.17) is 23.2 Å². The van der Waals surface area contributed by atoms with Crippen molar-refractivity contribution in [3.05, 3.63) is 28.1 Å². The number of hydrogen-bond donors (Lipinski definition) is 0. The molecule has 1 aliphatic carbocycles. The molecule has 2 heterocycles. The second-order valence-electron chi connectivity index (χ2n) is 4.90. The van der Waals surface area contributed by atoms with E-state index >= 15 is 0 Å². The van der Waals surface area contributed by atoms with Gasteiger partial charge in [-0.15, -0.1) is 0 Å². The Morgan fingerprint density at radius 2 is 1.79 bits per heavy atom. The smallest absolute Gasteiger partial charge is 0.182 e. The van der Waals surface area contributed by atoms with Crippen LogP contribution in [0.2, 0.25) is 10.3 Å². The third kappa shape index (κ3) is 2.47. The van der Waals surface area contributed by atoms with Gasteiger partial charge in [0.15, 0.2) is 5.82 Å². The minimum Gasteiger partial charge on any atom is -0.275 e. The summed E-state index contributed by atoms with van der Waals surface area (Å²) in [4.78, 5) is 8.71. The van der Waals surface area contributed by atoms with Crippen molar-refractivity contribution in [2.24, 2.45) is 7.05 Å². The van der Waals surface area contributed by atoms with Crippen LogP contribution in [0.3, 0.4) is 0 Å². The lowest BCUT2D eigenvalue weighted by Crippen LogP contribution is -2.02. The third-order valence-electron chi connectivity index (χ3n) is 3.56. The predicted octanol–water partition coefficient (Wildman–Crippen LogP) is 3.84. The number of hydrogen-bond acceptors (Lipinski definition) is 3. The first-order chi connectivity index (χ1) is 9.15. The first kappa shape index (κ1) is 12.9. The highest BCUT2D eigenvalue weighted by atomic mass is 35.5. The van der Waals surface area contributed by atoms with E-state index in [0.717, 1.165) is 18.4 Å². The molecule has 0 radical (unpaired) electrons. The van der Waals surface area contributed by atoms with Crippen molar-refractivity contribution in [3.8, 4) is 11.5 Å². The highest BCUT2D eigenvalue weighted by Gasteiger charge is 2.25. The van der Waals surface area contributed by atoms with Crippen molar-refractivity contribution in [1.29, 1.82) is 0 Å². The van der Waals surface area contributed by atoms with Gasteiger partial charge in [-0.1, -0.05) is 36.0 Å². The van der Waals surface area contributed by atoms with Gasteiger partial charge in [0.2, 0.25) is 0 Å². The maximum absolute atomic E-state index is 6.30. The fraction of sp³-hybridized carbons (Fsp3) is 0.462. The molecule has 1 aliphatic rings. The molecule has 6 heteroatoms. The fourth-order valence-corrected chi connectivity index (χ4v) is 3.31. The van der Waals surface area contributed by atoms with Crippen LogP contribution in [0.4, 0.5) is 0 Å². The summed E-state index contributed by atoms with van der Waals surface area (Å²) in [6.45, 7) is 0. The number of halogens is 2. The van der Waals surface area contributed by atoms with Gasteiger partial charge in [-0.05, 0) is 24.8 Å². The van der Waals surface area contributed by atoms with E-state index in [2.05, 4.69) is 15.1 Å². The van der Waals surface area contributed by atoms with E-state index in [1.807, 2.05) is 19.3 Å². The average molecular weight is 297 g/mol. The number of aromatic nitrogens is 4. The maximum Gasteiger partial charge on any atom is 0.182 e. The molecule has 0 atom stereocenters. The Bertz CT molecular complexity index is 579. The van der Waals surface area contributed by atoms with Gasteiger partial charge in [0.25, 0.3) is 0 Å². The van der Waals surface area contributed by atoms with Crippen molar-refractivity contribution in [3.63, 3.8) is 0 Å². The summed E-state index contributed by atoms with van der Waals surface area (Å²) in [7, 11) is 1.85. The summed E-state index contributed by atoms with van der Waals surface area (Å²) in [5.41, 5.74) is 1.59. The lowest BCUT2D eigenvalue weighted by molar-refractivity contribution is 0.714. The zero-order valence-electron chi connectivity index (χ0n) is 10.6. The van der Waals surface area contributed by atoms with Crippen LogP contribution < -0.4 is 0 Å². The largest absolute Gasteiger partial charge is 0.275 e. The minimum atomic E-state index is 0.401. The van der Waals surface area contributed by atoms with E-state index in [9.17, 15) is 0 Å². The molecule has 2 aromatic heterocycles. The molecule has 0 aromatic carbocycles. The molecule has 100 valence electrons. The molecule has 1 fully saturated rings. The van der Waals surface area contributed by atoms with Crippen LogP contribution in [0.5, 0.6) is 0 Å². The van der Waals surface area contributed by atoms with Gasteiger partial charge >= 0.3 is 0 Å². The van der Waals surface area contributed by atoms with Gasteiger partial charge in [0, 0.05) is 18.8 Å². The quantitative estimate of drug-likeness (QED) is 0.791. The molecule has 3 rings (SSSR count). The lowest BCUT2D eigenvalue weighted by Gasteiger charge is -2.13. The van der Waals surface area contributed by atoms with Gasteiger partial charge in [0.1, 0.15) is 16.0 Å². The van der Waals surface area contributed by atoms with Crippen molar-refractivity contribution in [2.45, 2.75) is 31.6 Å². The molecule has 0 bridgehead atoms. The normalized spacial score (nSPS) is 16.2. The molecule has 0 aliphatic heterocycles. The van der Waals surface area contributed by atoms with Crippen LogP contribution >= 0.6 is 23.2 Å². The SMILES string of the molecule is Cn1ccc(-c2nc(Cl)c(C3CCCC3)c(Cl)n2)n1. The van der Waals surface area contributed by atoms with Crippen molar-refractivity contribution >= 4 is 23.2 Å². The van der Waals surface area contributed by atoms with E-state index in [1.54, 1.807) is 4.68 Å². The summed E-state index contributed by atoms with van der Waals surface area (Å²) in [6, 6.07) is 1.84. The van der Waals surface area contributed by atoms with Crippen LogP contribution in [-0.4, -0.2) is 19.7 Å². The first-order valence-electron chi connectivity index (χ1n) is 6.38. The molecule has 0 spiro atoms. The highest BCUT2D eigenvalue weighted by molar-refractivity contribution is 6.34. The molecule has 2 aromatic rings. The molecule has 0 unspecified atom stereocenters. The van der Waals surface area contributed by atoms with Crippen LogP contribution in [0.25, 0.3) is 11.5 Å². The Labute approximate surface area is 121 Å². The van der Waals surface area contributed by atoms with Crippen LogP contribution in [0, 0.1) is 0 Å². The average Bonchev–Trinajstić information content (AvgIpc) is 2.99. The molecule has 0 amide bonds. The third-order valence-corrected chi connectivity index (χ3v) is 4.13. The molecular weight excluding hydrogens is 283 g/mol. The second kappa shape index (κ2) is 5.10. The fourth-order valence-electron chi connectivity index (χ4n) is 2.62. The Morgan fingerprint density at radius 3 is 2.32 bits per heavy atom. The molecule has 1 saturated carbocycles. The first-order valence-corrected chi connectivity index (χ1v) is 7.13. The van der Waals surface area contributed by atoms with E-state index < -0.39 is 0 Å². The molecule has 0 saturated heterocycles. The van der Waals surface area contributed by atoms with E-state index in [1.165, 1.54) is 12.8 Å². The Kier molecular flexibility index (Phi) is 3.46. The van der Waals surface area contributed by atoms with Crippen LogP contribution in [0.1, 0.15) is 37.2 Å². The summed E-state index contributed by atoms with van der Waals surface area (Å²) >= 11 is 12.6. The van der Waals surface area contributed by atoms with Gasteiger partial charge in [-0.25, -0.2) is 9.97 Å². The predicted molar refractivity (Wildman–Crippen MR) is 75.5 cm³/mol. The zero-order chi connectivity index (χ0) is 13.4. The summed E-state index contributed by atoms with van der Waals surface area (Å²) < 4.78 is 1.70. The monoisotopic (exact) mass is 296 g/mol. The van der Waals surface area contributed by atoms with Crippen LogP contribution in [-0.2, 0) is 7.05 Å². The van der Waals surface area contributed by atoms with Crippen molar-refractivity contribution < 1.29 is 0 Å². The number of nitrogens with zero attached hydrogens (tertiary/aromatic N) is 4. The summed E-state index contributed by atoms with van der Waals surface area (Å²) in [5, 5.41) is 5.20. The minimum absolute atomic E-state index is 0.401. The van der Waals surface area contributed by atoms with E-state index in [0.29, 0.717) is 27.7 Å². The highest BCUT2D eigenvalue weighted by Crippen LogP contribution is 2.40. The molecule has 0 N–H and O–H groups in total. The Balaban J connectivity index is 2.02. The van der Waals surface area contributed by atoms with E-state index in [-0.39, 0.29) is 0 Å². The van der Waals surface area contributed by atoms with Gasteiger partial charge in [-0.2, -0.15) is 5.10 Å². The summed E-state index contributed by atoms with van der Waals surface area (Å²) in [5.74, 6) is 0.884. The van der Waals surface area contributed by atoms with Gasteiger partial charge in [-0.3, -0.25) is 4.68 Å². The molecule has 4 nitrogen and oxygen atoms in total. The standard InChI is InChI=1S/C13H14Cl2N4/c1-19-7-6-9(18-19)13-16-11(14)10(12(15)17-13)8-4-2-3-5-8/h6-8H,2-5H2,1H3. The Morgan fingerprint density at radius 1 is 1.16 bits per heavy atom. The zero-order valence-corrected chi connectivity index (χ0v) is 12.1. The maximum atomic E-state index is 6.30. The van der Waals surface area contributed by atoms with Crippen LogP contribution in [0.15, 0.2) is 12.3 Å².